The van der Waals surface area contributed by atoms with Gasteiger partial charge in [-0.05, 0) is 17.2 Å². The van der Waals surface area contributed by atoms with Crippen molar-refractivity contribution in [1.82, 2.24) is 20.5 Å². The maximum atomic E-state index is 5.44. The number of aromatic amines is 1. The molecule has 0 spiro atoms. The number of benzene rings is 1. The summed E-state index contributed by atoms with van der Waals surface area (Å²) in [5, 5.41) is 10.7. The van der Waals surface area contributed by atoms with Crippen LogP contribution in [0.15, 0.2) is 18.2 Å². The van der Waals surface area contributed by atoms with Crippen molar-refractivity contribution in [2.45, 2.75) is 13.2 Å². The van der Waals surface area contributed by atoms with Crippen LogP contribution in [-0.2, 0) is 18.0 Å². The molecule has 2 aliphatic rings. The Bertz CT molecular complexity index is 618. The molecule has 1 saturated heterocycles. The minimum atomic E-state index is 0.696. The quantitative estimate of drug-likeness (QED) is 0.850. The Morgan fingerprint density at radius 2 is 1.95 bits per heavy atom. The van der Waals surface area contributed by atoms with Crippen LogP contribution in [0.25, 0.3) is 11.4 Å². The van der Waals surface area contributed by atoms with Crippen LogP contribution < -0.4 is 10.2 Å². The molecule has 1 aromatic carbocycles. The number of hydrogen-bond donors (Lipinski definition) is 2. The van der Waals surface area contributed by atoms with Gasteiger partial charge in [-0.15, -0.1) is 5.10 Å². The monoisotopic (exact) mass is 271 g/mol. The molecule has 0 aliphatic carbocycles. The molecule has 6 heteroatoms. The zero-order chi connectivity index (χ0) is 13.4. The molecule has 104 valence electrons. The van der Waals surface area contributed by atoms with Crippen molar-refractivity contribution < 1.29 is 4.74 Å². The number of fused-ring (bicyclic) bond motifs is 1. The summed E-state index contributed by atoms with van der Waals surface area (Å²) in [6, 6.07) is 6.34. The smallest absolute Gasteiger partial charge is 0.245 e. The van der Waals surface area contributed by atoms with Crippen LogP contribution in [0.2, 0.25) is 0 Å². The summed E-state index contributed by atoms with van der Waals surface area (Å²) in [5.74, 6) is 1.62. The van der Waals surface area contributed by atoms with Gasteiger partial charge >= 0.3 is 0 Å². The van der Waals surface area contributed by atoms with Crippen LogP contribution in [0.1, 0.15) is 11.1 Å². The number of nitrogens with zero attached hydrogens (tertiary/aromatic N) is 3. The fraction of sp³-hybridized carbons (Fsp3) is 0.429. The summed E-state index contributed by atoms with van der Waals surface area (Å²) in [5.41, 5.74) is 3.60. The van der Waals surface area contributed by atoms with Crippen molar-refractivity contribution in [1.29, 1.82) is 0 Å². The summed E-state index contributed by atoms with van der Waals surface area (Å²) in [6.07, 6.45) is 0. The Morgan fingerprint density at radius 1 is 1.10 bits per heavy atom. The SMILES string of the molecule is c1cc2c(cc1-c1nc(N3CCNCC3)n[nH]1)COC2. The third kappa shape index (κ3) is 2.07. The molecule has 1 aromatic heterocycles. The van der Waals surface area contributed by atoms with E-state index in [1.165, 1.54) is 11.1 Å². The number of piperazine rings is 1. The normalized spacial score (nSPS) is 18.3. The predicted octanol–water partition coefficient (Wildman–Crippen LogP) is 0.911. The highest BCUT2D eigenvalue weighted by molar-refractivity contribution is 5.59. The van der Waals surface area contributed by atoms with Gasteiger partial charge < -0.3 is 15.0 Å². The van der Waals surface area contributed by atoms with Crippen molar-refractivity contribution in [3.8, 4) is 11.4 Å². The third-order valence-electron chi connectivity index (χ3n) is 3.87. The van der Waals surface area contributed by atoms with Gasteiger partial charge in [0, 0.05) is 31.7 Å². The summed E-state index contributed by atoms with van der Waals surface area (Å²) >= 11 is 0. The maximum absolute atomic E-state index is 5.44. The van der Waals surface area contributed by atoms with Gasteiger partial charge in [0.2, 0.25) is 5.95 Å². The molecule has 2 aromatic rings. The number of H-pyrrole nitrogens is 1. The molecule has 3 heterocycles. The van der Waals surface area contributed by atoms with Crippen molar-refractivity contribution in [2.24, 2.45) is 0 Å². The molecule has 0 saturated carbocycles. The molecule has 0 atom stereocenters. The molecule has 0 unspecified atom stereocenters. The standard InChI is InChI=1S/C14H17N5O/c1-2-11-8-20-9-12(11)7-10(1)13-16-14(18-17-13)19-5-3-15-4-6-19/h1-2,7,15H,3-6,8-9H2,(H,16,17,18). The van der Waals surface area contributed by atoms with Crippen LogP contribution in [0.5, 0.6) is 0 Å². The molecule has 20 heavy (non-hydrogen) atoms. The second-order valence-corrected chi connectivity index (χ2v) is 5.20. The number of ether oxygens (including phenoxy) is 1. The summed E-state index contributed by atoms with van der Waals surface area (Å²) in [4.78, 5) is 6.82. The van der Waals surface area contributed by atoms with E-state index >= 15 is 0 Å². The fourth-order valence-corrected chi connectivity index (χ4v) is 2.71. The first-order valence-corrected chi connectivity index (χ1v) is 6.98. The topological polar surface area (TPSA) is 66.1 Å². The van der Waals surface area contributed by atoms with Gasteiger partial charge in [-0.25, -0.2) is 0 Å². The number of anilines is 1. The van der Waals surface area contributed by atoms with Crippen LogP contribution in [-0.4, -0.2) is 41.4 Å². The average Bonchev–Trinajstić information content (AvgIpc) is 3.16. The van der Waals surface area contributed by atoms with Crippen LogP contribution >= 0.6 is 0 Å². The van der Waals surface area contributed by atoms with Crippen LogP contribution in [0, 0.1) is 0 Å². The lowest BCUT2D eigenvalue weighted by Crippen LogP contribution is -2.44. The molecule has 2 N–H and O–H groups in total. The van der Waals surface area contributed by atoms with Gasteiger partial charge in [0.15, 0.2) is 5.82 Å². The van der Waals surface area contributed by atoms with E-state index in [1.54, 1.807) is 0 Å². The number of aromatic nitrogens is 3. The molecule has 2 aliphatic heterocycles. The molecular weight excluding hydrogens is 254 g/mol. The van der Waals surface area contributed by atoms with Gasteiger partial charge in [0.25, 0.3) is 0 Å². The van der Waals surface area contributed by atoms with Crippen LogP contribution in [0.4, 0.5) is 5.95 Å². The highest BCUT2D eigenvalue weighted by Gasteiger charge is 2.17. The first kappa shape index (κ1) is 11.9. The lowest BCUT2D eigenvalue weighted by atomic mass is 10.1. The van der Waals surface area contributed by atoms with Crippen LogP contribution in [0.3, 0.4) is 0 Å². The minimum Gasteiger partial charge on any atom is -0.372 e. The summed E-state index contributed by atoms with van der Waals surface area (Å²) in [6.45, 7) is 5.30. The van der Waals surface area contributed by atoms with E-state index in [-0.39, 0.29) is 0 Å². The summed E-state index contributed by atoms with van der Waals surface area (Å²) in [7, 11) is 0. The number of hydrogen-bond acceptors (Lipinski definition) is 5. The van der Waals surface area contributed by atoms with Gasteiger partial charge in [-0.3, -0.25) is 5.10 Å². The number of nitrogens with one attached hydrogen (secondary N) is 2. The van der Waals surface area contributed by atoms with E-state index < -0.39 is 0 Å². The molecule has 4 rings (SSSR count). The fourth-order valence-electron chi connectivity index (χ4n) is 2.71. The Labute approximate surface area is 117 Å². The Hall–Kier alpha value is -1.92. The maximum Gasteiger partial charge on any atom is 0.245 e. The van der Waals surface area contributed by atoms with E-state index in [4.69, 9.17) is 4.74 Å². The zero-order valence-corrected chi connectivity index (χ0v) is 11.2. The highest BCUT2D eigenvalue weighted by Crippen LogP contribution is 2.25. The zero-order valence-electron chi connectivity index (χ0n) is 11.2. The molecular formula is C14H17N5O. The van der Waals surface area contributed by atoms with Gasteiger partial charge in [-0.1, -0.05) is 12.1 Å². The van der Waals surface area contributed by atoms with E-state index in [9.17, 15) is 0 Å². The van der Waals surface area contributed by atoms with Crippen molar-refractivity contribution in [3.05, 3.63) is 29.3 Å². The molecule has 6 nitrogen and oxygen atoms in total. The van der Waals surface area contributed by atoms with Gasteiger partial charge in [-0.2, -0.15) is 4.98 Å². The summed E-state index contributed by atoms with van der Waals surface area (Å²) < 4.78 is 5.44. The van der Waals surface area contributed by atoms with E-state index in [0.29, 0.717) is 6.61 Å². The molecule has 0 amide bonds. The van der Waals surface area contributed by atoms with Gasteiger partial charge in [0.1, 0.15) is 0 Å². The van der Waals surface area contributed by atoms with E-state index in [1.807, 2.05) is 0 Å². The molecule has 0 bridgehead atoms. The second kappa shape index (κ2) is 4.88. The molecule has 1 fully saturated rings. The van der Waals surface area contributed by atoms with Gasteiger partial charge in [0.05, 0.1) is 13.2 Å². The number of rotatable bonds is 2. The molecule has 0 radical (unpaired) electrons. The highest BCUT2D eigenvalue weighted by atomic mass is 16.5. The van der Waals surface area contributed by atoms with E-state index in [0.717, 1.165) is 50.1 Å². The Balaban J connectivity index is 1.61. The van der Waals surface area contributed by atoms with Crippen molar-refractivity contribution in [3.63, 3.8) is 0 Å². The third-order valence-corrected chi connectivity index (χ3v) is 3.87. The predicted molar refractivity (Wildman–Crippen MR) is 75.4 cm³/mol. The second-order valence-electron chi connectivity index (χ2n) is 5.20. The largest absolute Gasteiger partial charge is 0.372 e. The average molecular weight is 271 g/mol. The first-order chi connectivity index (χ1) is 9.90. The first-order valence-electron chi connectivity index (χ1n) is 6.98. The lowest BCUT2D eigenvalue weighted by Gasteiger charge is -2.25. The Kier molecular flexibility index (Phi) is 2.90. The van der Waals surface area contributed by atoms with Crippen molar-refractivity contribution in [2.75, 3.05) is 31.1 Å². The van der Waals surface area contributed by atoms with Crippen molar-refractivity contribution >= 4 is 5.95 Å². The Morgan fingerprint density at radius 3 is 2.85 bits per heavy atom. The minimum absolute atomic E-state index is 0.696. The lowest BCUT2D eigenvalue weighted by molar-refractivity contribution is 0.134. The van der Waals surface area contributed by atoms with E-state index in [2.05, 4.69) is 43.6 Å².